The van der Waals surface area contributed by atoms with Crippen molar-refractivity contribution in [1.29, 1.82) is 0 Å². The molecule has 0 N–H and O–H groups in total. The summed E-state index contributed by atoms with van der Waals surface area (Å²) in [4.78, 5) is 0. The Labute approximate surface area is 101 Å². The van der Waals surface area contributed by atoms with E-state index in [1.54, 1.807) is 0 Å². The molecule has 0 fully saturated rings. The highest BCUT2D eigenvalue weighted by Crippen LogP contribution is 2.33. The van der Waals surface area contributed by atoms with Gasteiger partial charge in [-0.1, -0.05) is 55.5 Å². The van der Waals surface area contributed by atoms with Gasteiger partial charge in [-0.2, -0.15) is 0 Å². The minimum Gasteiger partial charge on any atom is -0.460 e. The fourth-order valence-corrected chi connectivity index (χ4v) is 2.09. The zero-order chi connectivity index (χ0) is 11.7. The van der Waals surface area contributed by atoms with Crippen LogP contribution in [0.3, 0.4) is 0 Å². The summed E-state index contributed by atoms with van der Waals surface area (Å²) >= 11 is 0. The zero-order valence-electron chi connectivity index (χ0n) is 9.76. The average Bonchev–Trinajstić information content (AvgIpc) is 2.78. The van der Waals surface area contributed by atoms with E-state index in [-0.39, 0.29) is 0 Å². The molecule has 0 bridgehead atoms. The number of allylic oxidation sites excluding steroid dienone is 4. The van der Waals surface area contributed by atoms with E-state index in [9.17, 15) is 0 Å². The van der Waals surface area contributed by atoms with Crippen LogP contribution < -0.4 is 0 Å². The Bertz CT molecular complexity index is 544. The first-order valence-corrected chi connectivity index (χ1v) is 5.88. The number of fused-ring (bicyclic) bond motifs is 1. The molecule has 0 aromatic heterocycles. The third-order valence-corrected chi connectivity index (χ3v) is 3.02. The van der Waals surface area contributed by atoms with Crippen molar-refractivity contribution in [1.82, 2.24) is 0 Å². The maximum Gasteiger partial charge on any atom is 0.133 e. The summed E-state index contributed by atoms with van der Waals surface area (Å²) in [6.45, 7) is 2.16. The van der Waals surface area contributed by atoms with Crippen molar-refractivity contribution < 1.29 is 4.74 Å². The molecule has 84 valence electrons. The van der Waals surface area contributed by atoms with Crippen molar-refractivity contribution in [2.75, 3.05) is 0 Å². The van der Waals surface area contributed by atoms with E-state index >= 15 is 0 Å². The smallest absolute Gasteiger partial charge is 0.133 e. The summed E-state index contributed by atoms with van der Waals surface area (Å²) < 4.78 is 5.92. The van der Waals surface area contributed by atoms with Gasteiger partial charge >= 0.3 is 0 Å². The Morgan fingerprint density at radius 3 is 2.82 bits per heavy atom. The molecular formula is C16H14O. The summed E-state index contributed by atoms with van der Waals surface area (Å²) in [6.07, 6.45) is 10.5. The van der Waals surface area contributed by atoms with Gasteiger partial charge in [0.25, 0.3) is 0 Å². The predicted octanol–water partition coefficient (Wildman–Crippen LogP) is 4.07. The molecule has 3 rings (SSSR count). The summed E-state index contributed by atoms with van der Waals surface area (Å²) in [5, 5.41) is 0. The van der Waals surface area contributed by atoms with Crippen molar-refractivity contribution >= 4 is 6.08 Å². The normalized spacial score (nSPS) is 24.1. The highest BCUT2D eigenvalue weighted by molar-refractivity contribution is 5.56. The molecule has 2 aliphatic rings. The molecule has 0 saturated carbocycles. The van der Waals surface area contributed by atoms with Gasteiger partial charge in [-0.05, 0) is 17.7 Å². The van der Waals surface area contributed by atoms with Crippen molar-refractivity contribution in [3.8, 4) is 0 Å². The lowest BCUT2D eigenvalue weighted by molar-refractivity contribution is 0.278. The summed E-state index contributed by atoms with van der Waals surface area (Å²) in [6, 6.07) is 10.3. The van der Waals surface area contributed by atoms with Crippen LogP contribution >= 0.6 is 0 Å². The van der Waals surface area contributed by atoms with Crippen molar-refractivity contribution in [3.05, 3.63) is 77.3 Å². The van der Waals surface area contributed by atoms with Crippen LogP contribution in [0.4, 0.5) is 0 Å². The molecule has 1 heterocycles. The lowest BCUT2D eigenvalue weighted by Crippen LogP contribution is -2.08. The number of hydrogen-bond donors (Lipinski definition) is 0. The molecule has 0 amide bonds. The summed E-state index contributed by atoms with van der Waals surface area (Å²) in [5.41, 5.74) is 2.38. The number of rotatable bonds is 1. The van der Waals surface area contributed by atoms with Gasteiger partial charge in [-0.3, -0.25) is 0 Å². The Balaban J connectivity index is 1.94. The molecule has 0 spiro atoms. The quantitative estimate of drug-likeness (QED) is 0.695. The van der Waals surface area contributed by atoms with Crippen LogP contribution in [0.25, 0.3) is 6.08 Å². The van der Waals surface area contributed by atoms with Gasteiger partial charge in [0.05, 0.1) is 0 Å². The topological polar surface area (TPSA) is 9.23 Å². The zero-order valence-corrected chi connectivity index (χ0v) is 9.76. The molecule has 17 heavy (non-hydrogen) atoms. The highest BCUT2D eigenvalue weighted by atomic mass is 16.5. The average molecular weight is 222 g/mol. The van der Waals surface area contributed by atoms with Crippen molar-refractivity contribution in [3.63, 3.8) is 0 Å². The van der Waals surface area contributed by atoms with Gasteiger partial charge in [-0.25, -0.2) is 0 Å². The number of ether oxygens (including phenoxy) is 1. The Morgan fingerprint density at radius 1 is 1.18 bits per heavy atom. The van der Waals surface area contributed by atoms with E-state index in [0.29, 0.717) is 5.92 Å². The molecule has 1 atom stereocenters. The molecule has 1 aromatic carbocycles. The molecule has 0 radical (unpaired) electrons. The van der Waals surface area contributed by atoms with Crippen LogP contribution in [0.15, 0.2) is 71.7 Å². The molecule has 1 nitrogen and oxygen atoms in total. The number of benzene rings is 1. The van der Waals surface area contributed by atoms with Gasteiger partial charge in [0.2, 0.25) is 0 Å². The molecular weight excluding hydrogens is 208 g/mol. The Morgan fingerprint density at radius 2 is 2.00 bits per heavy atom. The van der Waals surface area contributed by atoms with Gasteiger partial charge in [0.1, 0.15) is 11.5 Å². The monoisotopic (exact) mass is 222 g/mol. The summed E-state index contributed by atoms with van der Waals surface area (Å²) in [5.74, 6) is 2.30. The second kappa shape index (κ2) is 4.10. The van der Waals surface area contributed by atoms with E-state index in [0.717, 1.165) is 11.5 Å². The van der Waals surface area contributed by atoms with E-state index < -0.39 is 0 Å². The standard InChI is InChI=1S/C16H14O/c1-12-10-14-8-5-9-15(14)17-16(12)11-13-6-3-2-4-7-13/h2-12H,1H3. The van der Waals surface area contributed by atoms with Gasteiger partial charge in [0, 0.05) is 11.5 Å². The van der Waals surface area contributed by atoms with Crippen LogP contribution in [0, 0.1) is 5.92 Å². The molecule has 1 aromatic rings. The largest absolute Gasteiger partial charge is 0.460 e. The summed E-state index contributed by atoms with van der Waals surface area (Å²) in [7, 11) is 0. The first-order chi connectivity index (χ1) is 8.33. The fraction of sp³-hybridized carbons (Fsp3) is 0.125. The van der Waals surface area contributed by atoms with Crippen molar-refractivity contribution in [2.24, 2.45) is 5.92 Å². The maximum atomic E-state index is 5.92. The molecule has 0 saturated heterocycles. The van der Waals surface area contributed by atoms with Crippen molar-refractivity contribution in [2.45, 2.75) is 6.92 Å². The third kappa shape index (κ3) is 1.96. The first kappa shape index (κ1) is 10.2. The highest BCUT2D eigenvalue weighted by Gasteiger charge is 2.20. The van der Waals surface area contributed by atoms with Crippen LogP contribution in [-0.2, 0) is 4.74 Å². The second-order valence-electron chi connectivity index (χ2n) is 4.36. The van der Waals surface area contributed by atoms with E-state index in [1.165, 1.54) is 11.1 Å². The van der Waals surface area contributed by atoms with Crippen LogP contribution in [-0.4, -0.2) is 0 Å². The lowest BCUT2D eigenvalue weighted by atomic mass is 10.0. The first-order valence-electron chi connectivity index (χ1n) is 5.88. The van der Waals surface area contributed by atoms with E-state index in [4.69, 9.17) is 4.74 Å². The SMILES string of the molecule is CC1C=C2C=CC=C2OC1=Cc1ccccc1. The lowest BCUT2D eigenvalue weighted by Gasteiger charge is -2.22. The molecule has 1 aliphatic heterocycles. The maximum absolute atomic E-state index is 5.92. The van der Waals surface area contributed by atoms with Gasteiger partial charge in [0.15, 0.2) is 0 Å². The van der Waals surface area contributed by atoms with Crippen LogP contribution in [0.2, 0.25) is 0 Å². The van der Waals surface area contributed by atoms with Gasteiger partial charge in [-0.15, -0.1) is 0 Å². The molecule has 1 heteroatoms. The second-order valence-corrected chi connectivity index (χ2v) is 4.36. The van der Waals surface area contributed by atoms with E-state index in [2.05, 4.69) is 37.3 Å². The van der Waals surface area contributed by atoms with Crippen LogP contribution in [0.5, 0.6) is 0 Å². The number of hydrogen-bond acceptors (Lipinski definition) is 1. The molecule has 1 aliphatic carbocycles. The predicted molar refractivity (Wildman–Crippen MR) is 70.0 cm³/mol. The molecule has 1 unspecified atom stereocenters. The Kier molecular flexibility index (Phi) is 2.45. The van der Waals surface area contributed by atoms with E-state index in [1.807, 2.05) is 30.4 Å². The van der Waals surface area contributed by atoms with Gasteiger partial charge < -0.3 is 4.74 Å². The Hall–Kier alpha value is -2.02. The minimum absolute atomic E-state index is 0.324. The van der Waals surface area contributed by atoms with Crippen LogP contribution in [0.1, 0.15) is 12.5 Å². The third-order valence-electron chi connectivity index (χ3n) is 3.02. The minimum atomic E-state index is 0.324. The fourth-order valence-electron chi connectivity index (χ4n) is 2.09.